The molecule has 154 valence electrons. The molecule has 0 aliphatic heterocycles. The van der Waals surface area contributed by atoms with E-state index in [1.807, 2.05) is 6.92 Å². The van der Waals surface area contributed by atoms with Gasteiger partial charge < -0.3 is 15.2 Å². The van der Waals surface area contributed by atoms with Crippen LogP contribution in [0, 0.1) is 11.3 Å². The van der Waals surface area contributed by atoms with Crippen LogP contribution in [0.25, 0.3) is 0 Å². The monoisotopic (exact) mass is 399 g/mol. The summed E-state index contributed by atoms with van der Waals surface area (Å²) in [5, 5.41) is 12.4. The quantitative estimate of drug-likeness (QED) is 0.767. The van der Waals surface area contributed by atoms with Gasteiger partial charge in [-0.25, -0.2) is 4.79 Å². The maximum Gasteiger partial charge on any atom is 0.416 e. The summed E-state index contributed by atoms with van der Waals surface area (Å²) in [5.41, 5.74) is -2.98. The normalized spacial score (nSPS) is 31.0. The number of hydrogen-bond donors (Lipinski definition) is 2. The number of benzene rings is 1. The molecule has 5 nitrogen and oxygen atoms in total. The Bertz CT molecular complexity index is 792. The molecule has 2 aliphatic carbocycles. The summed E-state index contributed by atoms with van der Waals surface area (Å²) in [5.74, 6) is -2.90. The molecule has 28 heavy (non-hydrogen) atoms. The van der Waals surface area contributed by atoms with E-state index in [-0.39, 0.29) is 24.5 Å². The molecule has 2 N–H and O–H groups in total. The molecule has 2 aliphatic rings. The van der Waals surface area contributed by atoms with Gasteiger partial charge in [-0.3, -0.25) is 4.79 Å². The van der Waals surface area contributed by atoms with E-state index in [2.05, 4.69) is 5.32 Å². The van der Waals surface area contributed by atoms with Crippen molar-refractivity contribution in [2.24, 2.45) is 11.3 Å². The van der Waals surface area contributed by atoms with Crippen molar-refractivity contribution >= 4 is 11.9 Å². The maximum atomic E-state index is 13.2. The first-order chi connectivity index (χ1) is 13.0. The molecule has 4 atom stereocenters. The summed E-state index contributed by atoms with van der Waals surface area (Å²) in [7, 11) is 0. The van der Waals surface area contributed by atoms with Gasteiger partial charge in [0.2, 0.25) is 5.91 Å². The minimum Gasteiger partial charge on any atom is -0.479 e. The lowest BCUT2D eigenvalue weighted by atomic mass is 9.54. The van der Waals surface area contributed by atoms with Crippen molar-refractivity contribution in [3.63, 3.8) is 0 Å². The van der Waals surface area contributed by atoms with E-state index in [1.54, 1.807) is 13.8 Å². The van der Waals surface area contributed by atoms with E-state index in [4.69, 9.17) is 4.74 Å². The zero-order valence-corrected chi connectivity index (χ0v) is 16.0. The fourth-order valence-electron chi connectivity index (χ4n) is 4.25. The van der Waals surface area contributed by atoms with Crippen LogP contribution in [0.3, 0.4) is 0 Å². The summed E-state index contributed by atoms with van der Waals surface area (Å²) in [6.45, 7) is 5.67. The molecule has 0 aromatic heterocycles. The first kappa shape index (κ1) is 20.6. The summed E-state index contributed by atoms with van der Waals surface area (Å²) in [4.78, 5) is 24.7. The van der Waals surface area contributed by atoms with Crippen molar-refractivity contribution in [1.82, 2.24) is 5.32 Å². The van der Waals surface area contributed by atoms with Crippen molar-refractivity contribution in [2.45, 2.75) is 57.3 Å². The zero-order valence-electron chi connectivity index (χ0n) is 16.0. The third-order valence-corrected chi connectivity index (χ3v) is 6.26. The number of amides is 1. The number of aliphatic carboxylic acids is 1. The number of alkyl halides is 3. The molecule has 2 fully saturated rings. The first-order valence-corrected chi connectivity index (χ1v) is 9.29. The van der Waals surface area contributed by atoms with Gasteiger partial charge in [0, 0.05) is 24.4 Å². The second kappa shape index (κ2) is 6.76. The molecule has 1 aromatic rings. The Balaban J connectivity index is 1.76. The van der Waals surface area contributed by atoms with E-state index in [0.29, 0.717) is 6.61 Å². The second-order valence-electron chi connectivity index (χ2n) is 8.10. The summed E-state index contributed by atoms with van der Waals surface area (Å²) >= 11 is 0. The van der Waals surface area contributed by atoms with Crippen LogP contribution in [0.15, 0.2) is 24.3 Å². The lowest BCUT2D eigenvalue weighted by molar-refractivity contribution is -0.194. The largest absolute Gasteiger partial charge is 0.479 e. The molecule has 4 unspecified atom stereocenters. The fraction of sp³-hybridized carbons (Fsp3) is 0.600. The van der Waals surface area contributed by atoms with Crippen LogP contribution in [0.1, 0.15) is 50.7 Å². The van der Waals surface area contributed by atoms with E-state index in [1.165, 1.54) is 18.2 Å². The molecule has 1 amide bonds. The predicted octanol–water partition coefficient (Wildman–Crippen LogP) is 3.58. The number of carboxylic acid groups (broad SMARTS) is 1. The lowest BCUT2D eigenvalue weighted by Gasteiger charge is -2.58. The Labute approximate surface area is 161 Å². The molecular weight excluding hydrogens is 375 g/mol. The van der Waals surface area contributed by atoms with Crippen LogP contribution in [-0.4, -0.2) is 35.2 Å². The van der Waals surface area contributed by atoms with E-state index < -0.39 is 46.4 Å². The Morgan fingerprint density at radius 3 is 2.46 bits per heavy atom. The highest BCUT2D eigenvalue weighted by Gasteiger charge is 2.67. The molecule has 2 saturated carbocycles. The number of rotatable bonds is 6. The van der Waals surface area contributed by atoms with Gasteiger partial charge in [0.1, 0.15) is 5.54 Å². The maximum absolute atomic E-state index is 13.2. The zero-order chi connectivity index (χ0) is 20.9. The van der Waals surface area contributed by atoms with Gasteiger partial charge in [-0.15, -0.1) is 0 Å². The highest BCUT2D eigenvalue weighted by atomic mass is 19.4. The van der Waals surface area contributed by atoms with Crippen LogP contribution >= 0.6 is 0 Å². The fourth-order valence-corrected chi connectivity index (χ4v) is 4.25. The van der Waals surface area contributed by atoms with Crippen LogP contribution in [0.4, 0.5) is 13.2 Å². The standard InChI is InChI=1S/C20H24F3NO4/c1-4-28-15-10-19(17(26)27,18(15,2)3)24-16(25)13-9-12(13)11-7-5-6-8-14(11)20(21,22)23/h5-8,12-13,15H,4,9-10H2,1-3H3,(H,24,25)(H,26,27). The smallest absolute Gasteiger partial charge is 0.416 e. The molecule has 0 heterocycles. The minimum atomic E-state index is -4.50. The van der Waals surface area contributed by atoms with Crippen molar-refractivity contribution in [3.05, 3.63) is 35.4 Å². The van der Waals surface area contributed by atoms with Gasteiger partial charge in [0.25, 0.3) is 0 Å². The van der Waals surface area contributed by atoms with Gasteiger partial charge in [0.05, 0.1) is 11.7 Å². The van der Waals surface area contributed by atoms with Gasteiger partial charge >= 0.3 is 12.1 Å². The first-order valence-electron chi connectivity index (χ1n) is 9.29. The number of carboxylic acids is 1. The van der Waals surface area contributed by atoms with Crippen molar-refractivity contribution in [3.8, 4) is 0 Å². The number of halogens is 3. The van der Waals surface area contributed by atoms with E-state index in [0.717, 1.165) is 6.07 Å². The Kier molecular flexibility index (Phi) is 4.98. The average Bonchev–Trinajstić information content (AvgIpc) is 3.40. The number of nitrogens with one attached hydrogen (secondary N) is 1. The number of ether oxygens (including phenoxy) is 1. The summed E-state index contributed by atoms with van der Waals surface area (Å²) < 4.78 is 45.3. The highest BCUT2D eigenvalue weighted by molar-refractivity contribution is 5.92. The average molecular weight is 399 g/mol. The summed E-state index contributed by atoms with van der Waals surface area (Å²) in [6.07, 6.45) is -4.41. The van der Waals surface area contributed by atoms with Crippen LogP contribution in [-0.2, 0) is 20.5 Å². The van der Waals surface area contributed by atoms with Gasteiger partial charge in [-0.2, -0.15) is 13.2 Å². The third-order valence-electron chi connectivity index (χ3n) is 6.26. The van der Waals surface area contributed by atoms with E-state index in [9.17, 15) is 27.9 Å². The topological polar surface area (TPSA) is 75.6 Å². The van der Waals surface area contributed by atoms with Gasteiger partial charge in [-0.1, -0.05) is 32.0 Å². The number of carbonyl (C=O) groups excluding carboxylic acids is 1. The summed E-state index contributed by atoms with van der Waals surface area (Å²) in [6, 6.07) is 5.21. The molecule has 8 heteroatoms. The number of carbonyl (C=O) groups is 2. The van der Waals surface area contributed by atoms with E-state index >= 15 is 0 Å². The minimum absolute atomic E-state index is 0.0830. The number of hydrogen-bond acceptors (Lipinski definition) is 3. The van der Waals surface area contributed by atoms with Crippen LogP contribution < -0.4 is 5.32 Å². The Morgan fingerprint density at radius 2 is 1.93 bits per heavy atom. The molecule has 3 rings (SSSR count). The second-order valence-corrected chi connectivity index (χ2v) is 8.10. The Hall–Kier alpha value is -2.09. The highest BCUT2D eigenvalue weighted by Crippen LogP contribution is 2.54. The third kappa shape index (κ3) is 3.17. The van der Waals surface area contributed by atoms with Crippen LogP contribution in [0.2, 0.25) is 0 Å². The van der Waals surface area contributed by atoms with Crippen LogP contribution in [0.5, 0.6) is 0 Å². The molecule has 0 saturated heterocycles. The van der Waals surface area contributed by atoms with Crippen molar-refractivity contribution in [2.75, 3.05) is 6.61 Å². The van der Waals surface area contributed by atoms with Crippen molar-refractivity contribution < 1.29 is 32.6 Å². The van der Waals surface area contributed by atoms with Gasteiger partial charge in [0.15, 0.2) is 0 Å². The SMILES string of the molecule is CCOC1CC(NC(=O)C2CC2c2ccccc2C(F)(F)F)(C(=O)O)C1(C)C. The molecule has 0 radical (unpaired) electrons. The van der Waals surface area contributed by atoms with Crippen molar-refractivity contribution in [1.29, 1.82) is 0 Å². The molecular formula is C20H24F3NO4. The van der Waals surface area contributed by atoms with Gasteiger partial charge in [-0.05, 0) is 30.9 Å². The lowest BCUT2D eigenvalue weighted by Crippen LogP contribution is -2.76. The molecule has 0 bridgehead atoms. The Morgan fingerprint density at radius 1 is 1.29 bits per heavy atom. The predicted molar refractivity (Wildman–Crippen MR) is 94.6 cm³/mol. The molecule has 0 spiro atoms. The molecule has 1 aromatic carbocycles.